The predicted octanol–water partition coefficient (Wildman–Crippen LogP) is 23.7. The highest BCUT2D eigenvalue weighted by Gasteiger charge is 2.18. The molecule has 0 saturated carbocycles. The van der Waals surface area contributed by atoms with E-state index in [0.29, 0.717) is 19.4 Å². The summed E-state index contributed by atoms with van der Waals surface area (Å²) in [4.78, 5) is 24.6. The first-order valence-electron chi connectivity index (χ1n) is 36.6. The van der Waals surface area contributed by atoms with Gasteiger partial charge in [0.15, 0.2) is 0 Å². The first-order valence-corrected chi connectivity index (χ1v) is 36.6. The van der Waals surface area contributed by atoms with Crippen LogP contribution in [0.3, 0.4) is 0 Å². The van der Waals surface area contributed by atoms with Gasteiger partial charge in [0, 0.05) is 12.8 Å². The molecule has 6 nitrogen and oxygen atoms in total. The van der Waals surface area contributed by atoms with E-state index >= 15 is 0 Å². The standard InChI is InChI=1S/C74H143NO5/c1-3-5-7-9-11-13-15-17-19-21-22-23-28-31-35-38-42-46-50-54-58-62-66-72(77)71(70-76)75-73(78)67-63-59-55-51-47-43-39-36-32-29-26-24-25-27-30-33-37-41-45-49-53-57-61-65-69-80-74(79)68-64-60-56-52-48-44-40-34-20-18-16-14-12-10-8-6-4-2/h26,29,62,66,71-72,76-77H,3-25,27-28,30-61,63-65,67-70H2,1-2H3,(H,75,78)/b29-26-,66-62+. The Bertz CT molecular complexity index is 1250. The third kappa shape index (κ3) is 65.5. The number of nitrogens with one attached hydrogen (secondary N) is 1. The van der Waals surface area contributed by atoms with E-state index in [2.05, 4.69) is 31.3 Å². The van der Waals surface area contributed by atoms with Gasteiger partial charge in [0.1, 0.15) is 0 Å². The molecular weight excluding hydrogens is 983 g/mol. The van der Waals surface area contributed by atoms with Gasteiger partial charge in [-0.05, 0) is 57.8 Å². The first kappa shape index (κ1) is 78.3. The molecule has 474 valence electrons. The van der Waals surface area contributed by atoms with Gasteiger partial charge in [-0.1, -0.05) is 366 Å². The Balaban J connectivity index is 3.41. The summed E-state index contributed by atoms with van der Waals surface area (Å²) in [5.74, 6) is -0.0512. The third-order valence-corrected chi connectivity index (χ3v) is 17.2. The van der Waals surface area contributed by atoms with Crippen LogP contribution in [0.2, 0.25) is 0 Å². The summed E-state index contributed by atoms with van der Waals surface area (Å²) in [6.07, 6.45) is 88.3. The van der Waals surface area contributed by atoms with Crippen LogP contribution >= 0.6 is 0 Å². The number of unbranched alkanes of at least 4 members (excludes halogenated alkanes) is 56. The molecule has 3 N–H and O–H groups in total. The summed E-state index contributed by atoms with van der Waals surface area (Å²) < 4.78 is 5.51. The number of carbonyl (C=O) groups is 2. The zero-order chi connectivity index (χ0) is 57.8. The number of amides is 1. The molecule has 0 aliphatic rings. The van der Waals surface area contributed by atoms with Crippen molar-refractivity contribution in [2.45, 2.75) is 424 Å². The summed E-state index contributed by atoms with van der Waals surface area (Å²) in [7, 11) is 0. The largest absolute Gasteiger partial charge is 0.466 e. The van der Waals surface area contributed by atoms with E-state index in [9.17, 15) is 19.8 Å². The Labute approximate surface area is 501 Å². The van der Waals surface area contributed by atoms with Crippen molar-refractivity contribution in [3.8, 4) is 0 Å². The average Bonchev–Trinajstić information content (AvgIpc) is 3.46. The minimum atomic E-state index is -0.848. The maximum atomic E-state index is 12.5. The zero-order valence-corrected chi connectivity index (χ0v) is 54.3. The number of aliphatic hydroxyl groups is 2. The van der Waals surface area contributed by atoms with E-state index in [1.54, 1.807) is 6.08 Å². The molecule has 2 atom stereocenters. The number of rotatable bonds is 69. The fraction of sp³-hybridized carbons (Fsp3) is 0.919. The normalized spacial score (nSPS) is 12.6. The smallest absolute Gasteiger partial charge is 0.305 e. The van der Waals surface area contributed by atoms with Gasteiger partial charge in [0.25, 0.3) is 0 Å². The predicted molar refractivity (Wildman–Crippen MR) is 352 cm³/mol. The number of hydrogen-bond acceptors (Lipinski definition) is 5. The van der Waals surface area contributed by atoms with Gasteiger partial charge in [-0.15, -0.1) is 0 Å². The van der Waals surface area contributed by atoms with E-state index < -0.39 is 12.1 Å². The van der Waals surface area contributed by atoms with Crippen molar-refractivity contribution in [2.75, 3.05) is 13.2 Å². The number of ether oxygens (including phenoxy) is 1. The maximum absolute atomic E-state index is 12.5. The highest BCUT2D eigenvalue weighted by Crippen LogP contribution is 2.19. The van der Waals surface area contributed by atoms with Crippen LogP contribution in [-0.2, 0) is 14.3 Å². The van der Waals surface area contributed by atoms with Crippen molar-refractivity contribution in [1.82, 2.24) is 5.32 Å². The fourth-order valence-corrected chi connectivity index (χ4v) is 11.6. The first-order chi connectivity index (χ1) is 39.5. The lowest BCUT2D eigenvalue weighted by molar-refractivity contribution is -0.143. The molecule has 0 aromatic rings. The van der Waals surface area contributed by atoms with Crippen molar-refractivity contribution in [1.29, 1.82) is 0 Å². The van der Waals surface area contributed by atoms with Gasteiger partial charge in [0.05, 0.1) is 25.4 Å². The summed E-state index contributed by atoms with van der Waals surface area (Å²) >= 11 is 0. The van der Waals surface area contributed by atoms with Crippen LogP contribution in [0.15, 0.2) is 24.3 Å². The van der Waals surface area contributed by atoms with E-state index in [4.69, 9.17) is 4.74 Å². The zero-order valence-electron chi connectivity index (χ0n) is 54.3. The monoisotopic (exact) mass is 1130 g/mol. The van der Waals surface area contributed by atoms with Crippen LogP contribution in [0, 0.1) is 0 Å². The molecule has 0 aromatic carbocycles. The minimum Gasteiger partial charge on any atom is -0.466 e. The lowest BCUT2D eigenvalue weighted by Crippen LogP contribution is -2.45. The second-order valence-electron chi connectivity index (χ2n) is 25.3. The molecule has 0 bridgehead atoms. The van der Waals surface area contributed by atoms with E-state index in [1.807, 2.05) is 6.08 Å². The van der Waals surface area contributed by atoms with Crippen LogP contribution in [-0.4, -0.2) is 47.4 Å². The second kappa shape index (κ2) is 69.8. The lowest BCUT2D eigenvalue weighted by Gasteiger charge is -2.20. The van der Waals surface area contributed by atoms with E-state index in [0.717, 1.165) is 38.5 Å². The summed E-state index contributed by atoms with van der Waals surface area (Å²) in [5, 5.41) is 23.3. The van der Waals surface area contributed by atoms with Crippen LogP contribution in [0.5, 0.6) is 0 Å². The molecule has 80 heavy (non-hydrogen) atoms. The molecule has 0 saturated heterocycles. The molecule has 2 unspecified atom stereocenters. The van der Waals surface area contributed by atoms with Gasteiger partial charge >= 0.3 is 5.97 Å². The molecule has 0 spiro atoms. The van der Waals surface area contributed by atoms with Crippen LogP contribution in [0.25, 0.3) is 0 Å². The third-order valence-electron chi connectivity index (χ3n) is 17.2. The Morgan fingerprint density at radius 1 is 0.338 bits per heavy atom. The maximum Gasteiger partial charge on any atom is 0.305 e. The van der Waals surface area contributed by atoms with Gasteiger partial charge in [-0.25, -0.2) is 0 Å². The molecular formula is C74H143NO5. The molecule has 0 heterocycles. The number of aliphatic hydroxyl groups excluding tert-OH is 2. The van der Waals surface area contributed by atoms with Gasteiger partial charge in [0.2, 0.25) is 5.91 Å². The Morgan fingerprint density at radius 3 is 0.887 bits per heavy atom. The molecule has 0 aliphatic carbocycles. The van der Waals surface area contributed by atoms with Gasteiger partial charge in [-0.3, -0.25) is 9.59 Å². The van der Waals surface area contributed by atoms with Crippen molar-refractivity contribution in [3.63, 3.8) is 0 Å². The summed E-state index contributed by atoms with van der Waals surface area (Å²) in [6, 6.07) is -0.632. The minimum absolute atomic E-state index is 0.0170. The van der Waals surface area contributed by atoms with E-state index in [-0.39, 0.29) is 18.5 Å². The number of carbonyl (C=O) groups excluding carboxylic acids is 2. The number of esters is 1. The van der Waals surface area contributed by atoms with Gasteiger partial charge in [-0.2, -0.15) is 0 Å². The Hall–Kier alpha value is -1.66. The van der Waals surface area contributed by atoms with Crippen molar-refractivity contribution in [2.24, 2.45) is 0 Å². The van der Waals surface area contributed by atoms with Crippen LogP contribution in [0.4, 0.5) is 0 Å². The number of allylic oxidation sites excluding steroid dienone is 3. The topological polar surface area (TPSA) is 95.9 Å². The van der Waals surface area contributed by atoms with Crippen molar-refractivity contribution >= 4 is 11.9 Å². The van der Waals surface area contributed by atoms with Crippen molar-refractivity contribution in [3.05, 3.63) is 24.3 Å². The molecule has 0 aliphatic heterocycles. The molecule has 0 radical (unpaired) electrons. The molecule has 0 fully saturated rings. The fourth-order valence-electron chi connectivity index (χ4n) is 11.6. The quantitative estimate of drug-likeness (QED) is 0.0320. The molecule has 1 amide bonds. The number of hydrogen-bond donors (Lipinski definition) is 3. The molecule has 0 aromatic heterocycles. The van der Waals surface area contributed by atoms with Gasteiger partial charge < -0.3 is 20.3 Å². The lowest BCUT2D eigenvalue weighted by atomic mass is 10.0. The highest BCUT2D eigenvalue weighted by atomic mass is 16.5. The molecule has 6 heteroatoms. The Morgan fingerprint density at radius 2 is 0.588 bits per heavy atom. The van der Waals surface area contributed by atoms with Crippen molar-refractivity contribution < 1.29 is 24.5 Å². The van der Waals surface area contributed by atoms with Crippen LogP contribution in [0.1, 0.15) is 412 Å². The average molecular weight is 1130 g/mol. The molecule has 0 rings (SSSR count). The SMILES string of the molecule is CCCCCCCCCCCCCCCCCCCCCC/C=C/C(O)C(CO)NC(=O)CCCCCCCCCC/C=C\CCCCCCCCCCCCCCOC(=O)CCCCCCCCCCCCCCCCCCC. The summed E-state index contributed by atoms with van der Waals surface area (Å²) in [6.45, 7) is 4.95. The Kier molecular flexibility index (Phi) is 68.4. The van der Waals surface area contributed by atoms with Crippen LogP contribution < -0.4 is 5.32 Å². The van der Waals surface area contributed by atoms with E-state index in [1.165, 1.54) is 347 Å². The highest BCUT2D eigenvalue weighted by molar-refractivity contribution is 5.76. The summed E-state index contributed by atoms with van der Waals surface area (Å²) in [5.41, 5.74) is 0. The second-order valence-corrected chi connectivity index (χ2v) is 25.3.